The molecule has 1 aliphatic carbocycles. The number of carbonyl (C=O) groups is 1. The molecule has 1 aliphatic rings. The number of carbonyl (C=O) groups excluding carboxylic acids is 1. The average Bonchev–Trinajstić information content (AvgIpc) is 3.09. The van der Waals surface area contributed by atoms with Crippen molar-refractivity contribution < 1.29 is 9.21 Å². The number of hydrogen-bond acceptors (Lipinski definition) is 5. The van der Waals surface area contributed by atoms with Crippen LogP contribution in [-0.2, 0) is 4.79 Å². The summed E-state index contributed by atoms with van der Waals surface area (Å²) in [6.07, 6.45) is 3.49. The van der Waals surface area contributed by atoms with Crippen LogP contribution in [0.3, 0.4) is 0 Å². The predicted octanol–water partition coefficient (Wildman–Crippen LogP) is 4.77. The Labute approximate surface area is 165 Å². The normalized spacial score (nSPS) is 23.8. The number of nitrogens with one attached hydrogen (secondary N) is 1. The summed E-state index contributed by atoms with van der Waals surface area (Å²) < 4.78 is 5.77. The lowest BCUT2D eigenvalue weighted by molar-refractivity contribution is -0.121. The molecular weight excluding hydrogens is 358 g/mol. The molecule has 1 aromatic heterocycles. The van der Waals surface area contributed by atoms with Crippen molar-refractivity contribution in [2.24, 2.45) is 11.8 Å². The third-order valence-electron chi connectivity index (χ3n) is 5.84. The van der Waals surface area contributed by atoms with Crippen molar-refractivity contribution in [3.8, 4) is 11.5 Å². The van der Waals surface area contributed by atoms with Gasteiger partial charge >= 0.3 is 0 Å². The first-order valence-corrected chi connectivity index (χ1v) is 10.6. The number of benzene rings is 1. The molecule has 1 N–H and O–H groups in total. The van der Waals surface area contributed by atoms with Gasteiger partial charge in [0.25, 0.3) is 5.22 Å². The highest BCUT2D eigenvalue weighted by Crippen LogP contribution is 2.31. The molecule has 2 aromatic rings. The summed E-state index contributed by atoms with van der Waals surface area (Å²) in [6, 6.07) is 6.33. The third kappa shape index (κ3) is 4.72. The van der Waals surface area contributed by atoms with Crippen LogP contribution in [0.15, 0.2) is 27.8 Å². The number of rotatable bonds is 5. The van der Waals surface area contributed by atoms with Gasteiger partial charge in [-0.1, -0.05) is 44.5 Å². The largest absolute Gasteiger partial charge is 0.411 e. The van der Waals surface area contributed by atoms with Gasteiger partial charge in [-0.2, -0.15) is 0 Å². The van der Waals surface area contributed by atoms with Crippen LogP contribution in [0.25, 0.3) is 11.5 Å². The molecule has 27 heavy (non-hydrogen) atoms. The first-order chi connectivity index (χ1) is 12.8. The van der Waals surface area contributed by atoms with Crippen molar-refractivity contribution in [1.29, 1.82) is 0 Å². The van der Waals surface area contributed by atoms with Gasteiger partial charge in [-0.25, -0.2) is 0 Å². The highest BCUT2D eigenvalue weighted by molar-refractivity contribution is 8.00. The average molecular weight is 388 g/mol. The third-order valence-corrected chi connectivity index (χ3v) is 6.78. The Morgan fingerprint density at radius 2 is 2.00 bits per heavy atom. The van der Waals surface area contributed by atoms with E-state index in [0.29, 0.717) is 22.9 Å². The number of aryl methyl sites for hydroxylation is 2. The quantitative estimate of drug-likeness (QED) is 0.748. The Morgan fingerprint density at radius 3 is 2.74 bits per heavy atom. The smallest absolute Gasteiger partial charge is 0.277 e. The molecular formula is C21H29N3O2S. The van der Waals surface area contributed by atoms with Crippen molar-refractivity contribution in [2.75, 3.05) is 0 Å². The molecule has 0 saturated heterocycles. The summed E-state index contributed by atoms with van der Waals surface area (Å²) in [5.74, 6) is 1.70. The summed E-state index contributed by atoms with van der Waals surface area (Å²) in [4.78, 5) is 12.6. The molecule has 0 radical (unpaired) electrons. The number of amides is 1. The van der Waals surface area contributed by atoms with Gasteiger partial charge in [0.15, 0.2) is 0 Å². The zero-order chi connectivity index (χ0) is 19.6. The fourth-order valence-corrected chi connectivity index (χ4v) is 4.23. The van der Waals surface area contributed by atoms with Crippen LogP contribution in [-0.4, -0.2) is 27.4 Å². The van der Waals surface area contributed by atoms with Crippen LogP contribution in [0.1, 0.15) is 51.2 Å². The first-order valence-electron chi connectivity index (χ1n) is 9.73. The van der Waals surface area contributed by atoms with E-state index in [9.17, 15) is 4.79 Å². The lowest BCUT2D eigenvalue weighted by Crippen LogP contribution is -2.46. The predicted molar refractivity (Wildman–Crippen MR) is 109 cm³/mol. The van der Waals surface area contributed by atoms with Gasteiger partial charge in [-0.15, -0.1) is 10.2 Å². The Kier molecular flexibility index (Phi) is 6.25. The molecule has 1 saturated carbocycles. The number of hydrogen-bond donors (Lipinski definition) is 1. The Balaban J connectivity index is 1.60. The molecule has 3 rings (SSSR count). The molecule has 1 heterocycles. The maximum atomic E-state index is 12.6. The van der Waals surface area contributed by atoms with Gasteiger partial charge in [-0.3, -0.25) is 4.79 Å². The molecule has 1 aromatic carbocycles. The Hall–Kier alpha value is -1.82. The zero-order valence-electron chi connectivity index (χ0n) is 16.8. The summed E-state index contributed by atoms with van der Waals surface area (Å²) in [5.41, 5.74) is 3.31. The molecule has 1 amide bonds. The van der Waals surface area contributed by atoms with E-state index in [-0.39, 0.29) is 17.2 Å². The minimum atomic E-state index is -0.275. The van der Waals surface area contributed by atoms with E-state index in [1.165, 1.54) is 35.7 Å². The number of nitrogens with zero attached hydrogens (tertiary/aromatic N) is 2. The van der Waals surface area contributed by atoms with Crippen LogP contribution in [0.5, 0.6) is 0 Å². The van der Waals surface area contributed by atoms with Crippen molar-refractivity contribution in [3.05, 3.63) is 29.3 Å². The lowest BCUT2D eigenvalue weighted by Gasteiger charge is -2.35. The van der Waals surface area contributed by atoms with E-state index in [1.807, 2.05) is 25.1 Å². The van der Waals surface area contributed by atoms with E-state index >= 15 is 0 Å². The highest BCUT2D eigenvalue weighted by Gasteiger charge is 2.30. The van der Waals surface area contributed by atoms with E-state index in [1.54, 1.807) is 0 Å². The fraction of sp³-hybridized carbons (Fsp3) is 0.571. The lowest BCUT2D eigenvalue weighted by atomic mass is 9.78. The second-order valence-corrected chi connectivity index (χ2v) is 9.11. The summed E-state index contributed by atoms with van der Waals surface area (Å²) >= 11 is 1.31. The molecule has 0 spiro atoms. The molecule has 0 unspecified atom stereocenters. The monoisotopic (exact) mass is 387 g/mol. The van der Waals surface area contributed by atoms with Gasteiger partial charge in [0.1, 0.15) is 0 Å². The van der Waals surface area contributed by atoms with E-state index in [0.717, 1.165) is 12.0 Å². The van der Waals surface area contributed by atoms with Crippen LogP contribution in [0.2, 0.25) is 0 Å². The maximum absolute atomic E-state index is 12.6. The second-order valence-electron chi connectivity index (χ2n) is 7.81. The van der Waals surface area contributed by atoms with Crippen molar-refractivity contribution >= 4 is 17.7 Å². The zero-order valence-corrected chi connectivity index (χ0v) is 17.6. The minimum Gasteiger partial charge on any atom is -0.411 e. The molecule has 6 heteroatoms. The molecule has 146 valence electrons. The SMILES string of the molecule is Cc1ccc(-c2nnc(S[C@@H](C)C(=O)N[C@H]3CCC[C@H](C)[C@@H]3C)o2)cc1C. The van der Waals surface area contributed by atoms with Crippen molar-refractivity contribution in [2.45, 2.75) is 70.4 Å². The van der Waals surface area contributed by atoms with Crippen LogP contribution in [0, 0.1) is 25.7 Å². The van der Waals surface area contributed by atoms with Crippen LogP contribution in [0.4, 0.5) is 0 Å². The second kappa shape index (κ2) is 8.46. The molecule has 0 bridgehead atoms. The Morgan fingerprint density at radius 1 is 1.22 bits per heavy atom. The van der Waals surface area contributed by atoms with E-state index in [2.05, 4.69) is 43.2 Å². The standard InChI is InChI=1S/C21H29N3O2S/c1-12-9-10-17(11-14(12)3)20-23-24-21(26-20)27-16(5)19(25)22-18-8-6-7-13(2)15(18)4/h9-11,13,15-16,18H,6-8H2,1-5H3,(H,22,25)/t13-,15-,16-,18-/m0/s1. The minimum absolute atomic E-state index is 0.0388. The fourth-order valence-electron chi connectivity index (χ4n) is 3.54. The topological polar surface area (TPSA) is 68.0 Å². The summed E-state index contributed by atoms with van der Waals surface area (Å²) in [7, 11) is 0. The van der Waals surface area contributed by atoms with Gasteiger partial charge in [0, 0.05) is 11.6 Å². The van der Waals surface area contributed by atoms with E-state index < -0.39 is 0 Å². The van der Waals surface area contributed by atoms with Crippen molar-refractivity contribution in [1.82, 2.24) is 15.5 Å². The van der Waals surface area contributed by atoms with Gasteiger partial charge in [0.2, 0.25) is 11.8 Å². The van der Waals surface area contributed by atoms with E-state index in [4.69, 9.17) is 4.42 Å². The summed E-state index contributed by atoms with van der Waals surface area (Å²) in [6.45, 7) is 10.5. The molecule has 0 aliphatic heterocycles. The highest BCUT2D eigenvalue weighted by atomic mass is 32.2. The Bertz CT molecular complexity index is 804. The summed E-state index contributed by atoms with van der Waals surface area (Å²) in [5, 5.41) is 11.6. The maximum Gasteiger partial charge on any atom is 0.277 e. The van der Waals surface area contributed by atoms with Crippen LogP contribution < -0.4 is 5.32 Å². The van der Waals surface area contributed by atoms with Gasteiger partial charge < -0.3 is 9.73 Å². The van der Waals surface area contributed by atoms with Crippen LogP contribution >= 0.6 is 11.8 Å². The molecule has 5 nitrogen and oxygen atoms in total. The molecule has 1 fully saturated rings. The van der Waals surface area contributed by atoms with Gasteiger partial charge in [-0.05, 0) is 62.3 Å². The van der Waals surface area contributed by atoms with Crippen molar-refractivity contribution in [3.63, 3.8) is 0 Å². The van der Waals surface area contributed by atoms with Gasteiger partial charge in [0.05, 0.1) is 5.25 Å². The first kappa shape index (κ1) is 19.9. The number of thioether (sulfide) groups is 1. The number of aromatic nitrogens is 2. The molecule has 4 atom stereocenters.